The predicted octanol–water partition coefficient (Wildman–Crippen LogP) is 2.71. The number of nitrogens with one attached hydrogen (secondary N) is 1. The molecule has 0 aliphatic heterocycles. The van der Waals surface area contributed by atoms with Gasteiger partial charge in [0.1, 0.15) is 5.75 Å². The highest BCUT2D eigenvalue weighted by atomic mass is 16.5. The summed E-state index contributed by atoms with van der Waals surface area (Å²) in [5.74, 6) is -0.387. The van der Waals surface area contributed by atoms with E-state index in [1.807, 2.05) is 0 Å². The van der Waals surface area contributed by atoms with Crippen LogP contribution < -0.4 is 5.32 Å². The molecule has 1 rings (SSSR count). The largest absolute Gasteiger partial charge is 0.506 e. The number of ether oxygens (including phenoxy) is 1. The predicted molar refractivity (Wildman–Crippen MR) is 84.9 cm³/mol. The number of benzene rings is 1. The van der Waals surface area contributed by atoms with Gasteiger partial charge in [0.25, 0.3) is 0 Å². The van der Waals surface area contributed by atoms with Crippen LogP contribution in [0.1, 0.15) is 37.0 Å². The van der Waals surface area contributed by atoms with Gasteiger partial charge >= 0.3 is 5.97 Å². The Morgan fingerprint density at radius 3 is 2.67 bits per heavy atom. The van der Waals surface area contributed by atoms with Crippen LogP contribution in [0.25, 0.3) is 0 Å². The molecule has 1 unspecified atom stereocenters. The second-order valence-corrected chi connectivity index (χ2v) is 5.07. The Morgan fingerprint density at radius 2 is 2.14 bits per heavy atom. The maximum atomic E-state index is 11.4. The van der Waals surface area contributed by atoms with Crippen LogP contribution in [-0.4, -0.2) is 49.3 Å². The lowest BCUT2D eigenvalue weighted by molar-refractivity contribution is 0.0600. The Kier molecular flexibility index (Phi) is 7.02. The van der Waals surface area contributed by atoms with E-state index in [2.05, 4.69) is 35.8 Å². The van der Waals surface area contributed by atoms with Gasteiger partial charge in [-0.2, -0.15) is 0 Å². The molecule has 1 atom stereocenters. The van der Waals surface area contributed by atoms with Crippen LogP contribution in [-0.2, 0) is 4.74 Å². The summed E-state index contributed by atoms with van der Waals surface area (Å²) in [5, 5.41) is 13.1. The summed E-state index contributed by atoms with van der Waals surface area (Å²) in [5.41, 5.74) is 0.981. The first-order valence-corrected chi connectivity index (χ1v) is 7.38. The zero-order valence-corrected chi connectivity index (χ0v) is 13.3. The average molecular weight is 294 g/mol. The molecule has 1 aromatic carbocycles. The van der Waals surface area contributed by atoms with E-state index in [4.69, 9.17) is 0 Å². The number of phenolic OH excluding ortho intramolecular Hbond substituents is 1. The van der Waals surface area contributed by atoms with Crippen LogP contribution in [0.3, 0.4) is 0 Å². The number of esters is 1. The van der Waals surface area contributed by atoms with E-state index in [1.165, 1.54) is 13.2 Å². The van der Waals surface area contributed by atoms with Crippen LogP contribution in [0.15, 0.2) is 18.2 Å². The highest BCUT2D eigenvalue weighted by molar-refractivity contribution is 5.90. The second kappa shape index (κ2) is 8.52. The summed E-state index contributed by atoms with van der Waals surface area (Å²) in [6, 6.07) is 5.29. The molecule has 0 radical (unpaired) electrons. The minimum atomic E-state index is -0.451. The molecule has 5 nitrogen and oxygen atoms in total. The van der Waals surface area contributed by atoms with Crippen LogP contribution in [0.2, 0.25) is 0 Å². The van der Waals surface area contributed by atoms with Crippen molar-refractivity contribution in [3.8, 4) is 5.75 Å². The number of rotatable bonds is 8. The number of carbonyl (C=O) groups is 1. The Labute approximate surface area is 126 Å². The van der Waals surface area contributed by atoms with E-state index in [9.17, 15) is 9.90 Å². The van der Waals surface area contributed by atoms with Crippen molar-refractivity contribution in [3.63, 3.8) is 0 Å². The van der Waals surface area contributed by atoms with Gasteiger partial charge in [0.15, 0.2) is 0 Å². The van der Waals surface area contributed by atoms with E-state index in [0.29, 0.717) is 17.3 Å². The molecule has 0 fully saturated rings. The lowest BCUT2D eigenvalue weighted by Gasteiger charge is -2.26. The molecular formula is C16H26N2O3. The first-order valence-electron chi connectivity index (χ1n) is 7.38. The number of nitrogens with zero attached hydrogens (tertiary/aromatic N) is 1. The third-order valence-corrected chi connectivity index (χ3v) is 3.81. The highest BCUT2D eigenvalue weighted by Gasteiger charge is 2.12. The van der Waals surface area contributed by atoms with Crippen LogP contribution in [0.4, 0.5) is 5.69 Å². The zero-order valence-electron chi connectivity index (χ0n) is 13.3. The fourth-order valence-corrected chi connectivity index (χ4v) is 2.29. The Bertz CT molecular complexity index is 463. The topological polar surface area (TPSA) is 61.8 Å². The molecule has 0 bridgehead atoms. The summed E-state index contributed by atoms with van der Waals surface area (Å²) < 4.78 is 4.62. The summed E-state index contributed by atoms with van der Waals surface area (Å²) in [4.78, 5) is 13.7. The van der Waals surface area contributed by atoms with E-state index < -0.39 is 5.97 Å². The maximum absolute atomic E-state index is 11.4. The van der Waals surface area contributed by atoms with Crippen molar-refractivity contribution in [1.29, 1.82) is 0 Å². The van der Waals surface area contributed by atoms with Crippen LogP contribution in [0, 0.1) is 0 Å². The van der Waals surface area contributed by atoms with Gasteiger partial charge in [-0.3, -0.25) is 0 Å². The van der Waals surface area contributed by atoms with Gasteiger partial charge in [0, 0.05) is 12.6 Å². The molecule has 0 amide bonds. The molecule has 0 heterocycles. The molecule has 0 saturated carbocycles. The highest BCUT2D eigenvalue weighted by Crippen LogP contribution is 2.24. The zero-order chi connectivity index (χ0) is 15.8. The Hall–Kier alpha value is -1.75. The SMILES string of the molecule is CCC(CCNc1ccc(C(=O)OC)cc1O)N(C)CC. The minimum Gasteiger partial charge on any atom is -0.506 e. The van der Waals surface area contributed by atoms with Gasteiger partial charge in [-0.1, -0.05) is 13.8 Å². The van der Waals surface area contributed by atoms with Crippen molar-refractivity contribution in [2.24, 2.45) is 0 Å². The molecule has 0 saturated heterocycles. The van der Waals surface area contributed by atoms with Crippen molar-refractivity contribution in [3.05, 3.63) is 23.8 Å². The van der Waals surface area contributed by atoms with Crippen molar-refractivity contribution < 1.29 is 14.6 Å². The lowest BCUT2D eigenvalue weighted by Crippen LogP contribution is -2.32. The fourth-order valence-electron chi connectivity index (χ4n) is 2.29. The van der Waals surface area contributed by atoms with Gasteiger partial charge < -0.3 is 20.1 Å². The molecule has 0 aromatic heterocycles. The standard InChI is InChI=1S/C16H26N2O3/c1-5-13(18(3)6-2)9-10-17-14-8-7-12(11-15(14)19)16(20)21-4/h7-8,11,13,17,19H,5-6,9-10H2,1-4H3. The number of hydrogen-bond acceptors (Lipinski definition) is 5. The van der Waals surface area contributed by atoms with E-state index >= 15 is 0 Å². The Morgan fingerprint density at radius 1 is 1.43 bits per heavy atom. The Balaban J connectivity index is 2.58. The minimum absolute atomic E-state index is 0.0646. The maximum Gasteiger partial charge on any atom is 0.337 e. The molecular weight excluding hydrogens is 268 g/mol. The number of methoxy groups -OCH3 is 1. The third kappa shape index (κ3) is 4.93. The van der Waals surface area contributed by atoms with Gasteiger partial charge in [0.2, 0.25) is 0 Å². The molecule has 0 aliphatic rings. The summed E-state index contributed by atoms with van der Waals surface area (Å²) in [6.07, 6.45) is 2.10. The number of phenols is 1. The van der Waals surface area contributed by atoms with Crippen LogP contribution >= 0.6 is 0 Å². The number of aromatic hydroxyl groups is 1. The van der Waals surface area contributed by atoms with Crippen molar-refractivity contribution in [2.75, 3.05) is 32.6 Å². The summed E-state index contributed by atoms with van der Waals surface area (Å²) >= 11 is 0. The molecule has 1 aromatic rings. The summed E-state index contributed by atoms with van der Waals surface area (Å²) in [7, 11) is 3.44. The average Bonchev–Trinajstić information content (AvgIpc) is 2.51. The van der Waals surface area contributed by atoms with Gasteiger partial charge in [-0.05, 0) is 44.6 Å². The number of anilines is 1. The van der Waals surface area contributed by atoms with E-state index in [1.54, 1.807) is 12.1 Å². The first-order chi connectivity index (χ1) is 10.0. The molecule has 21 heavy (non-hydrogen) atoms. The molecule has 2 N–H and O–H groups in total. The third-order valence-electron chi connectivity index (χ3n) is 3.81. The lowest BCUT2D eigenvalue weighted by atomic mass is 10.1. The fraction of sp³-hybridized carbons (Fsp3) is 0.562. The molecule has 0 spiro atoms. The molecule has 0 aliphatic carbocycles. The number of carbonyl (C=O) groups excluding carboxylic acids is 1. The molecule has 118 valence electrons. The normalized spacial score (nSPS) is 12.2. The van der Waals surface area contributed by atoms with Gasteiger partial charge in [0.05, 0.1) is 18.4 Å². The quantitative estimate of drug-likeness (QED) is 0.570. The van der Waals surface area contributed by atoms with E-state index in [-0.39, 0.29) is 5.75 Å². The monoisotopic (exact) mass is 294 g/mol. The van der Waals surface area contributed by atoms with Crippen LogP contribution in [0.5, 0.6) is 5.75 Å². The van der Waals surface area contributed by atoms with Crippen molar-refractivity contribution in [1.82, 2.24) is 4.90 Å². The summed E-state index contributed by atoms with van der Waals surface area (Å²) in [6.45, 7) is 6.12. The first kappa shape index (κ1) is 17.3. The smallest absolute Gasteiger partial charge is 0.337 e. The van der Waals surface area contributed by atoms with Crippen molar-refractivity contribution in [2.45, 2.75) is 32.7 Å². The van der Waals surface area contributed by atoms with Gasteiger partial charge in [-0.15, -0.1) is 0 Å². The van der Waals surface area contributed by atoms with E-state index in [0.717, 1.165) is 25.9 Å². The van der Waals surface area contributed by atoms with Gasteiger partial charge in [-0.25, -0.2) is 4.79 Å². The second-order valence-electron chi connectivity index (χ2n) is 5.07. The molecule has 5 heteroatoms. The number of hydrogen-bond donors (Lipinski definition) is 2. The van der Waals surface area contributed by atoms with Crippen molar-refractivity contribution >= 4 is 11.7 Å².